The van der Waals surface area contributed by atoms with E-state index in [9.17, 15) is 0 Å². The van der Waals surface area contributed by atoms with E-state index in [-0.39, 0.29) is 0 Å². The third-order valence-electron chi connectivity index (χ3n) is 2.92. The minimum Gasteiger partial charge on any atom is -0.306 e. The summed E-state index contributed by atoms with van der Waals surface area (Å²) in [6, 6.07) is 20.6. The van der Waals surface area contributed by atoms with Gasteiger partial charge in [-0.05, 0) is 17.7 Å². The van der Waals surface area contributed by atoms with Gasteiger partial charge in [0.25, 0.3) is 0 Å². The zero-order chi connectivity index (χ0) is 12.2. The summed E-state index contributed by atoms with van der Waals surface area (Å²) in [5.74, 6) is 0. The highest BCUT2D eigenvalue weighted by Crippen LogP contribution is 2.11. The Bertz CT molecular complexity index is 612. The summed E-state index contributed by atoms with van der Waals surface area (Å²) >= 11 is 0. The molecule has 0 radical (unpaired) electrons. The first-order valence-corrected chi connectivity index (χ1v) is 6.04. The van der Waals surface area contributed by atoms with E-state index in [0.29, 0.717) is 0 Å². The predicted octanol–water partition coefficient (Wildman–Crippen LogP) is 3.46. The lowest BCUT2D eigenvalue weighted by Crippen LogP contribution is -1.89. The van der Waals surface area contributed by atoms with Crippen LogP contribution in [-0.2, 0) is 6.42 Å². The van der Waals surface area contributed by atoms with Gasteiger partial charge in [0.1, 0.15) is 0 Å². The summed E-state index contributed by atoms with van der Waals surface area (Å²) in [6.45, 7) is 0. The average Bonchev–Trinajstić information content (AvgIpc) is 2.89. The number of para-hydroxylation sites is 1. The Morgan fingerprint density at radius 3 is 2.22 bits per heavy atom. The van der Waals surface area contributed by atoms with E-state index < -0.39 is 0 Å². The van der Waals surface area contributed by atoms with E-state index in [1.807, 2.05) is 30.6 Å². The molecule has 0 N–H and O–H groups in total. The molecule has 0 unspecified atom stereocenters. The molecule has 88 valence electrons. The SMILES string of the molecule is c1ccc(Cc2cn(-c3ccccc3)cn2)cc1. The van der Waals surface area contributed by atoms with Crippen molar-refractivity contribution in [3.63, 3.8) is 0 Å². The monoisotopic (exact) mass is 234 g/mol. The van der Waals surface area contributed by atoms with Crippen LogP contribution >= 0.6 is 0 Å². The van der Waals surface area contributed by atoms with Gasteiger partial charge in [0.2, 0.25) is 0 Å². The van der Waals surface area contributed by atoms with E-state index >= 15 is 0 Å². The quantitative estimate of drug-likeness (QED) is 0.678. The minimum absolute atomic E-state index is 0.876. The first-order chi connectivity index (χ1) is 8.92. The summed E-state index contributed by atoms with van der Waals surface area (Å²) < 4.78 is 2.05. The number of imidazole rings is 1. The molecule has 0 aliphatic heterocycles. The van der Waals surface area contributed by atoms with Crippen LogP contribution in [-0.4, -0.2) is 9.55 Å². The van der Waals surface area contributed by atoms with Crippen molar-refractivity contribution in [2.75, 3.05) is 0 Å². The second-order valence-electron chi connectivity index (χ2n) is 4.27. The molecule has 0 amide bonds. The Morgan fingerprint density at radius 2 is 1.50 bits per heavy atom. The van der Waals surface area contributed by atoms with E-state index in [0.717, 1.165) is 17.8 Å². The minimum atomic E-state index is 0.876. The van der Waals surface area contributed by atoms with E-state index in [1.165, 1.54) is 5.56 Å². The zero-order valence-electron chi connectivity index (χ0n) is 10.0. The number of nitrogens with zero attached hydrogens (tertiary/aromatic N) is 2. The molecule has 0 atom stereocenters. The molecule has 1 heterocycles. The molecule has 0 aliphatic rings. The van der Waals surface area contributed by atoms with Gasteiger partial charge >= 0.3 is 0 Å². The Morgan fingerprint density at radius 1 is 0.833 bits per heavy atom. The molecule has 2 heteroatoms. The van der Waals surface area contributed by atoms with Crippen molar-refractivity contribution < 1.29 is 0 Å². The molecule has 1 aromatic heterocycles. The molecule has 2 aromatic carbocycles. The van der Waals surface area contributed by atoms with Crippen LogP contribution in [0, 0.1) is 0 Å². The number of hydrogen-bond acceptors (Lipinski definition) is 1. The van der Waals surface area contributed by atoms with Crippen molar-refractivity contribution in [1.29, 1.82) is 0 Å². The third-order valence-corrected chi connectivity index (χ3v) is 2.92. The number of benzene rings is 2. The number of rotatable bonds is 3. The van der Waals surface area contributed by atoms with Crippen molar-refractivity contribution >= 4 is 0 Å². The average molecular weight is 234 g/mol. The van der Waals surface area contributed by atoms with Crippen molar-refractivity contribution in [2.24, 2.45) is 0 Å². The molecule has 0 saturated carbocycles. The van der Waals surface area contributed by atoms with Gasteiger partial charge in [-0.15, -0.1) is 0 Å². The fourth-order valence-corrected chi connectivity index (χ4v) is 2.00. The van der Waals surface area contributed by atoms with Gasteiger partial charge in [-0.1, -0.05) is 48.5 Å². The van der Waals surface area contributed by atoms with Gasteiger partial charge in [0.15, 0.2) is 0 Å². The van der Waals surface area contributed by atoms with Crippen molar-refractivity contribution in [3.8, 4) is 5.69 Å². The van der Waals surface area contributed by atoms with Crippen LogP contribution in [0.1, 0.15) is 11.3 Å². The summed E-state index contributed by atoms with van der Waals surface area (Å²) in [5.41, 5.74) is 3.52. The molecule has 0 bridgehead atoms. The number of aromatic nitrogens is 2. The lowest BCUT2D eigenvalue weighted by atomic mass is 10.1. The lowest BCUT2D eigenvalue weighted by Gasteiger charge is -2.00. The molecule has 3 rings (SSSR count). The maximum Gasteiger partial charge on any atom is 0.0995 e. The summed E-state index contributed by atoms with van der Waals surface area (Å²) in [7, 11) is 0. The molecular weight excluding hydrogens is 220 g/mol. The van der Waals surface area contributed by atoms with Crippen LogP contribution in [0.25, 0.3) is 5.69 Å². The smallest absolute Gasteiger partial charge is 0.0995 e. The largest absolute Gasteiger partial charge is 0.306 e. The molecule has 0 saturated heterocycles. The zero-order valence-corrected chi connectivity index (χ0v) is 10.0. The van der Waals surface area contributed by atoms with Crippen molar-refractivity contribution in [1.82, 2.24) is 9.55 Å². The van der Waals surface area contributed by atoms with E-state index in [4.69, 9.17) is 0 Å². The first kappa shape index (κ1) is 10.8. The molecule has 18 heavy (non-hydrogen) atoms. The molecule has 0 aliphatic carbocycles. The van der Waals surface area contributed by atoms with Crippen LogP contribution in [0.2, 0.25) is 0 Å². The van der Waals surface area contributed by atoms with Crippen LogP contribution in [0.15, 0.2) is 73.2 Å². The fraction of sp³-hybridized carbons (Fsp3) is 0.0625. The Balaban J connectivity index is 1.82. The highest BCUT2D eigenvalue weighted by atomic mass is 15.0. The summed E-state index contributed by atoms with van der Waals surface area (Å²) in [6.07, 6.45) is 4.83. The summed E-state index contributed by atoms with van der Waals surface area (Å²) in [4.78, 5) is 4.45. The maximum atomic E-state index is 4.45. The molecule has 2 nitrogen and oxygen atoms in total. The van der Waals surface area contributed by atoms with Crippen LogP contribution in [0.4, 0.5) is 0 Å². The molecule has 0 fully saturated rings. The van der Waals surface area contributed by atoms with Crippen molar-refractivity contribution in [2.45, 2.75) is 6.42 Å². The second kappa shape index (κ2) is 4.88. The van der Waals surface area contributed by atoms with E-state index in [1.54, 1.807) is 0 Å². The Hall–Kier alpha value is -2.35. The fourth-order valence-electron chi connectivity index (χ4n) is 2.00. The van der Waals surface area contributed by atoms with Gasteiger partial charge in [0, 0.05) is 18.3 Å². The Labute approximate surface area is 107 Å². The molecule has 3 aromatic rings. The highest BCUT2D eigenvalue weighted by Gasteiger charge is 2.01. The standard InChI is InChI=1S/C16H14N2/c1-3-7-14(8-4-1)11-15-12-18(13-17-15)16-9-5-2-6-10-16/h1-10,12-13H,11H2. The van der Waals surface area contributed by atoms with Gasteiger partial charge < -0.3 is 4.57 Å². The Kier molecular flexibility index (Phi) is 2.92. The summed E-state index contributed by atoms with van der Waals surface area (Å²) in [5, 5.41) is 0. The van der Waals surface area contributed by atoms with Gasteiger partial charge in [-0.3, -0.25) is 0 Å². The number of hydrogen-bond donors (Lipinski definition) is 0. The predicted molar refractivity (Wildman–Crippen MR) is 72.8 cm³/mol. The highest BCUT2D eigenvalue weighted by molar-refractivity contribution is 5.32. The van der Waals surface area contributed by atoms with Gasteiger partial charge in [-0.25, -0.2) is 4.98 Å². The molecular formula is C16H14N2. The first-order valence-electron chi connectivity index (χ1n) is 6.04. The lowest BCUT2D eigenvalue weighted by molar-refractivity contribution is 1.06. The topological polar surface area (TPSA) is 17.8 Å². The van der Waals surface area contributed by atoms with Gasteiger partial charge in [-0.2, -0.15) is 0 Å². The van der Waals surface area contributed by atoms with E-state index in [2.05, 4.69) is 52.1 Å². The van der Waals surface area contributed by atoms with Crippen LogP contribution in [0.5, 0.6) is 0 Å². The molecule has 0 spiro atoms. The normalized spacial score (nSPS) is 10.4. The van der Waals surface area contributed by atoms with Gasteiger partial charge in [0.05, 0.1) is 12.0 Å². The van der Waals surface area contributed by atoms with Crippen LogP contribution in [0.3, 0.4) is 0 Å². The maximum absolute atomic E-state index is 4.45. The third kappa shape index (κ3) is 2.33. The second-order valence-corrected chi connectivity index (χ2v) is 4.27. The van der Waals surface area contributed by atoms with Crippen molar-refractivity contribution in [3.05, 3.63) is 84.4 Å². The van der Waals surface area contributed by atoms with Crippen LogP contribution < -0.4 is 0 Å².